The summed E-state index contributed by atoms with van der Waals surface area (Å²) < 4.78 is 1.81. The highest BCUT2D eigenvalue weighted by Crippen LogP contribution is 2.15. The molecule has 1 heterocycles. The van der Waals surface area contributed by atoms with E-state index in [0.29, 0.717) is 5.92 Å². The maximum absolute atomic E-state index is 5.86. The molecule has 0 aromatic carbocycles. The normalized spacial score (nSPS) is 12.4. The number of aromatic nitrogens is 2. The second kappa shape index (κ2) is 5.72. The molecular formula is C13H21N3. The van der Waals surface area contributed by atoms with E-state index in [4.69, 9.17) is 5.73 Å². The van der Waals surface area contributed by atoms with E-state index >= 15 is 0 Å². The molecule has 0 spiro atoms. The van der Waals surface area contributed by atoms with Crippen LogP contribution in [0, 0.1) is 11.8 Å². The summed E-state index contributed by atoms with van der Waals surface area (Å²) in [6.45, 7) is 6.37. The van der Waals surface area contributed by atoms with Crippen LogP contribution in [-0.2, 0) is 7.05 Å². The zero-order chi connectivity index (χ0) is 12.1. The summed E-state index contributed by atoms with van der Waals surface area (Å²) in [4.78, 5) is 0. The van der Waals surface area contributed by atoms with Crippen molar-refractivity contribution in [3.05, 3.63) is 17.5 Å². The fraction of sp³-hybridized carbons (Fsp3) is 0.615. The van der Waals surface area contributed by atoms with E-state index in [-0.39, 0.29) is 6.04 Å². The van der Waals surface area contributed by atoms with Crippen LogP contribution in [0.4, 0.5) is 0 Å². The van der Waals surface area contributed by atoms with Crippen LogP contribution in [0.3, 0.4) is 0 Å². The van der Waals surface area contributed by atoms with Gasteiger partial charge in [0.2, 0.25) is 0 Å². The summed E-state index contributed by atoms with van der Waals surface area (Å²) in [5, 5.41) is 4.41. The first-order chi connectivity index (χ1) is 7.54. The lowest BCUT2D eigenvalue weighted by molar-refractivity contribution is 0.712. The summed E-state index contributed by atoms with van der Waals surface area (Å²) in [6.07, 6.45) is 3.98. The number of hydrogen-bond acceptors (Lipinski definition) is 2. The molecule has 1 aromatic heterocycles. The molecule has 3 heteroatoms. The maximum Gasteiger partial charge on any atom is 0.0806 e. The monoisotopic (exact) mass is 219 g/mol. The van der Waals surface area contributed by atoms with E-state index in [1.165, 1.54) is 0 Å². The van der Waals surface area contributed by atoms with Crippen LogP contribution in [-0.4, -0.2) is 15.8 Å². The van der Waals surface area contributed by atoms with Crippen molar-refractivity contribution >= 4 is 0 Å². The average Bonchev–Trinajstić information content (AvgIpc) is 2.57. The van der Waals surface area contributed by atoms with Gasteiger partial charge in [-0.15, -0.1) is 0 Å². The standard InChI is InChI=1S/C13H21N3/c1-5-6-12(14)8-7-11-9-16(4)15-13(11)10(2)3/h9-10,12H,5-6,14H2,1-4H3. The smallest absolute Gasteiger partial charge is 0.0806 e. The van der Waals surface area contributed by atoms with E-state index in [0.717, 1.165) is 24.1 Å². The summed E-state index contributed by atoms with van der Waals surface area (Å²) in [5.41, 5.74) is 7.92. The number of nitrogens with two attached hydrogens (primary N) is 1. The molecule has 1 unspecified atom stereocenters. The largest absolute Gasteiger partial charge is 0.318 e. The van der Waals surface area contributed by atoms with Gasteiger partial charge in [0.25, 0.3) is 0 Å². The third-order valence-corrected chi connectivity index (χ3v) is 2.40. The number of nitrogens with zero attached hydrogens (tertiary/aromatic N) is 2. The van der Waals surface area contributed by atoms with E-state index in [2.05, 4.69) is 37.7 Å². The first kappa shape index (κ1) is 12.8. The lowest BCUT2D eigenvalue weighted by atomic mass is 10.1. The summed E-state index contributed by atoms with van der Waals surface area (Å²) in [5.74, 6) is 6.62. The third kappa shape index (κ3) is 3.39. The lowest BCUT2D eigenvalue weighted by Gasteiger charge is -2.01. The molecule has 0 radical (unpaired) electrons. The van der Waals surface area contributed by atoms with Gasteiger partial charge in [-0.2, -0.15) is 5.10 Å². The Balaban J connectivity index is 2.87. The lowest BCUT2D eigenvalue weighted by Crippen LogP contribution is -2.16. The minimum absolute atomic E-state index is 0.0229. The Labute approximate surface area is 98.0 Å². The molecule has 0 bridgehead atoms. The molecule has 0 aliphatic heterocycles. The van der Waals surface area contributed by atoms with E-state index in [1.54, 1.807) is 0 Å². The zero-order valence-corrected chi connectivity index (χ0v) is 10.6. The Hall–Kier alpha value is -1.27. The molecule has 0 aliphatic carbocycles. The fourth-order valence-electron chi connectivity index (χ4n) is 1.58. The Morgan fingerprint density at radius 2 is 2.19 bits per heavy atom. The summed E-state index contributed by atoms with van der Waals surface area (Å²) in [7, 11) is 1.92. The molecule has 88 valence electrons. The quantitative estimate of drug-likeness (QED) is 0.790. The summed E-state index contributed by atoms with van der Waals surface area (Å²) in [6, 6.07) is -0.0229. The molecule has 2 N–H and O–H groups in total. The molecule has 1 atom stereocenters. The SMILES string of the molecule is CCCC(N)C#Cc1cn(C)nc1C(C)C. The maximum atomic E-state index is 5.86. The molecule has 0 fully saturated rings. The molecule has 1 aromatic rings. The van der Waals surface area contributed by atoms with Crippen molar-refractivity contribution < 1.29 is 0 Å². The predicted octanol–water partition coefficient (Wildman–Crippen LogP) is 2.02. The first-order valence-electron chi connectivity index (χ1n) is 5.85. The van der Waals surface area contributed by atoms with Crippen molar-refractivity contribution in [1.82, 2.24) is 9.78 Å². The van der Waals surface area contributed by atoms with E-state index < -0.39 is 0 Å². The zero-order valence-electron chi connectivity index (χ0n) is 10.6. The molecule has 3 nitrogen and oxygen atoms in total. The van der Waals surface area contributed by atoms with Gasteiger partial charge in [-0.05, 0) is 12.3 Å². The van der Waals surface area contributed by atoms with Crippen LogP contribution < -0.4 is 5.73 Å². The second-order valence-corrected chi connectivity index (χ2v) is 4.42. The van der Waals surface area contributed by atoms with Crippen LogP contribution in [0.25, 0.3) is 0 Å². The minimum atomic E-state index is -0.0229. The van der Waals surface area contributed by atoms with Gasteiger partial charge >= 0.3 is 0 Å². The van der Waals surface area contributed by atoms with Crippen LogP contribution in [0.15, 0.2) is 6.20 Å². The fourth-order valence-corrected chi connectivity index (χ4v) is 1.58. The number of aryl methyl sites for hydroxylation is 1. The van der Waals surface area contributed by atoms with Crippen molar-refractivity contribution in [1.29, 1.82) is 0 Å². The highest BCUT2D eigenvalue weighted by Gasteiger charge is 2.09. The Bertz CT molecular complexity index is 393. The third-order valence-electron chi connectivity index (χ3n) is 2.40. The van der Waals surface area contributed by atoms with Gasteiger partial charge in [-0.1, -0.05) is 39.0 Å². The number of rotatable bonds is 3. The van der Waals surface area contributed by atoms with Gasteiger partial charge in [-0.25, -0.2) is 0 Å². The molecular weight excluding hydrogens is 198 g/mol. The second-order valence-electron chi connectivity index (χ2n) is 4.42. The van der Waals surface area contributed by atoms with E-state index in [1.807, 2.05) is 17.9 Å². The Kier molecular flexibility index (Phi) is 4.57. The minimum Gasteiger partial charge on any atom is -0.318 e. The van der Waals surface area contributed by atoms with Crippen LogP contribution in [0.1, 0.15) is 50.8 Å². The van der Waals surface area contributed by atoms with Gasteiger partial charge in [0, 0.05) is 13.2 Å². The Morgan fingerprint density at radius 3 is 2.75 bits per heavy atom. The highest BCUT2D eigenvalue weighted by atomic mass is 15.3. The molecule has 0 aliphatic rings. The van der Waals surface area contributed by atoms with Crippen molar-refractivity contribution in [2.45, 2.75) is 45.6 Å². The van der Waals surface area contributed by atoms with Gasteiger partial charge < -0.3 is 5.73 Å². The van der Waals surface area contributed by atoms with E-state index in [9.17, 15) is 0 Å². The van der Waals surface area contributed by atoms with Crippen LogP contribution >= 0.6 is 0 Å². The average molecular weight is 219 g/mol. The van der Waals surface area contributed by atoms with Gasteiger partial charge in [0.1, 0.15) is 0 Å². The molecule has 0 saturated carbocycles. The first-order valence-corrected chi connectivity index (χ1v) is 5.85. The highest BCUT2D eigenvalue weighted by molar-refractivity contribution is 5.38. The predicted molar refractivity (Wildman–Crippen MR) is 67.1 cm³/mol. The molecule has 1 rings (SSSR count). The van der Waals surface area contributed by atoms with Crippen molar-refractivity contribution in [2.75, 3.05) is 0 Å². The molecule has 16 heavy (non-hydrogen) atoms. The molecule has 0 amide bonds. The van der Waals surface area contributed by atoms with Crippen LogP contribution in [0.2, 0.25) is 0 Å². The van der Waals surface area contributed by atoms with Gasteiger partial charge in [-0.3, -0.25) is 4.68 Å². The van der Waals surface area contributed by atoms with Crippen LogP contribution in [0.5, 0.6) is 0 Å². The van der Waals surface area contributed by atoms with Crippen molar-refractivity contribution in [3.63, 3.8) is 0 Å². The molecule has 0 saturated heterocycles. The number of hydrogen-bond donors (Lipinski definition) is 1. The van der Waals surface area contributed by atoms with Crippen molar-refractivity contribution in [2.24, 2.45) is 12.8 Å². The van der Waals surface area contributed by atoms with Gasteiger partial charge in [0.05, 0.1) is 17.3 Å². The van der Waals surface area contributed by atoms with Crippen molar-refractivity contribution in [3.8, 4) is 11.8 Å². The topological polar surface area (TPSA) is 43.8 Å². The summed E-state index contributed by atoms with van der Waals surface area (Å²) >= 11 is 0. The Morgan fingerprint density at radius 1 is 1.50 bits per heavy atom. The van der Waals surface area contributed by atoms with Gasteiger partial charge in [0.15, 0.2) is 0 Å².